The van der Waals surface area contributed by atoms with Crippen LogP contribution in [0.15, 0.2) is 84.5 Å². The molecular formula is C45H51Br3Cl3F3N12O9S6. The number of amides is 3. The molecule has 0 bridgehead atoms. The van der Waals surface area contributed by atoms with E-state index in [0.717, 1.165) is 42.5 Å². The molecule has 3 aliphatic rings. The van der Waals surface area contributed by atoms with E-state index in [1.54, 1.807) is 18.6 Å². The van der Waals surface area contributed by atoms with Gasteiger partial charge in [-0.3, -0.25) is 14.4 Å². The Hall–Kier alpha value is -3.33. The van der Waals surface area contributed by atoms with Gasteiger partial charge in [-0.2, -0.15) is 52.3 Å². The molecule has 36 heteroatoms. The van der Waals surface area contributed by atoms with Crippen LogP contribution in [0, 0.1) is 17.5 Å². The lowest BCUT2D eigenvalue weighted by atomic mass is 10.1. The maximum Gasteiger partial charge on any atom is 0.280 e. The highest BCUT2D eigenvalue weighted by Gasteiger charge is 2.44. The molecule has 21 nitrogen and oxygen atoms in total. The number of likely N-dealkylation sites (N-methyl/N-ethyl adjacent to an activating group) is 3. The molecule has 2 unspecified atom stereocenters. The molecule has 6 aromatic rings. The van der Waals surface area contributed by atoms with Crippen LogP contribution in [0.1, 0.15) is 74.7 Å². The molecule has 6 heterocycles. The van der Waals surface area contributed by atoms with E-state index < -0.39 is 102 Å². The van der Waals surface area contributed by atoms with Gasteiger partial charge in [0.2, 0.25) is 17.7 Å². The third-order valence-corrected chi connectivity index (χ3v) is 22.0. The number of thiazole rings is 3. The van der Waals surface area contributed by atoms with Gasteiger partial charge in [0.05, 0.1) is 63.1 Å². The largest absolute Gasteiger partial charge is 0.325 e. The second-order valence-corrected chi connectivity index (χ2v) is 30.5. The molecule has 3 saturated heterocycles. The van der Waals surface area contributed by atoms with Crippen molar-refractivity contribution in [1.29, 1.82) is 0 Å². The summed E-state index contributed by atoms with van der Waals surface area (Å²) in [4.78, 5) is 50.4. The SMILES string of the molecule is C.C.C.CN1C(C(=O)Nc2ccc(F)c(Cl)c2)CC(c2ncc(Br)s2)NS1(=O)=O.CN1[C@@H](C(=O)Nc2ccc(F)c(Cl)c2)C[C@@H](c2ncc(Br)s2)NS1(=O)=O.CN1[C@H](C(=O)Nc2ccc(F)c(Cl)c2)C[C@H](c2ncc(Br)s2)NS1(=O)=O. The summed E-state index contributed by atoms with van der Waals surface area (Å²) in [5, 5.41) is 8.96. The molecule has 3 aromatic carbocycles. The number of rotatable bonds is 9. The van der Waals surface area contributed by atoms with Crippen LogP contribution < -0.4 is 30.1 Å². The van der Waals surface area contributed by atoms with Crippen LogP contribution >= 0.6 is 117 Å². The van der Waals surface area contributed by atoms with Gasteiger partial charge in [0, 0.05) is 38.2 Å². The van der Waals surface area contributed by atoms with Gasteiger partial charge >= 0.3 is 0 Å². The third-order valence-electron chi connectivity index (χ3n) is 11.6. The van der Waals surface area contributed by atoms with Gasteiger partial charge in [-0.15, -0.1) is 34.0 Å². The average Bonchev–Trinajstić information content (AvgIpc) is 4.32. The van der Waals surface area contributed by atoms with Crippen LogP contribution in [-0.4, -0.2) is 110 Å². The van der Waals surface area contributed by atoms with Gasteiger partial charge in [-0.25, -0.2) is 28.1 Å². The number of aromatic nitrogens is 3. The Morgan fingerprint density at radius 1 is 0.506 bits per heavy atom. The van der Waals surface area contributed by atoms with E-state index in [1.807, 2.05) is 0 Å². The molecule has 6 N–H and O–H groups in total. The van der Waals surface area contributed by atoms with Crippen molar-refractivity contribution in [2.45, 2.75) is 77.8 Å². The minimum atomic E-state index is -3.86. The fourth-order valence-corrected chi connectivity index (χ4v) is 15.9. The number of carbonyl (C=O) groups excluding carboxylic acids is 3. The van der Waals surface area contributed by atoms with Crippen LogP contribution in [0.3, 0.4) is 0 Å². The lowest BCUT2D eigenvalue weighted by Gasteiger charge is -2.35. The van der Waals surface area contributed by atoms with Crippen molar-refractivity contribution in [2.75, 3.05) is 37.1 Å². The van der Waals surface area contributed by atoms with Crippen molar-refractivity contribution < 1.29 is 52.8 Å². The zero-order valence-corrected chi connectivity index (χ0v) is 51.6. The van der Waals surface area contributed by atoms with Crippen molar-refractivity contribution in [3.05, 3.63) is 132 Å². The Morgan fingerprint density at radius 2 is 0.741 bits per heavy atom. The maximum atomic E-state index is 13.2. The number of hydrogen-bond acceptors (Lipinski definition) is 15. The van der Waals surface area contributed by atoms with Crippen molar-refractivity contribution in [1.82, 2.24) is 42.0 Å². The fraction of sp³-hybridized carbons (Fsp3) is 0.333. The number of anilines is 3. The lowest BCUT2D eigenvalue weighted by molar-refractivity contribution is -0.120. The quantitative estimate of drug-likeness (QED) is 0.0789. The first kappa shape index (κ1) is 70.2. The lowest BCUT2D eigenvalue weighted by Crippen LogP contribution is -2.55. The highest BCUT2D eigenvalue weighted by Crippen LogP contribution is 2.36. The van der Waals surface area contributed by atoms with Crippen molar-refractivity contribution in [2.24, 2.45) is 0 Å². The summed E-state index contributed by atoms with van der Waals surface area (Å²) in [5.41, 5.74) is 0.831. The molecule has 3 amide bonds. The predicted octanol–water partition coefficient (Wildman–Crippen LogP) is 10.7. The summed E-state index contributed by atoms with van der Waals surface area (Å²) in [6.07, 6.45) is 5.29. The standard InChI is InChI=1S/3C14H13BrClFN4O3S2.3CH4/c3*1-21-11(13(22)19-7-2-3-9(17)8(16)4-7)5-10(20-26(21,23)24)14-18-6-12(15)25-14;;;/h3*2-4,6,10-11,20H,5H2,1H3,(H,19,22);3*1H4/t2*10-,11+;;;;/m10..../s1. The van der Waals surface area contributed by atoms with Crippen molar-refractivity contribution in [3.8, 4) is 0 Å². The molecule has 0 saturated carbocycles. The van der Waals surface area contributed by atoms with Crippen LogP contribution in [-0.2, 0) is 45.0 Å². The van der Waals surface area contributed by atoms with E-state index >= 15 is 0 Å². The van der Waals surface area contributed by atoms with Gasteiger partial charge in [-0.05, 0) is 122 Å². The minimum absolute atomic E-state index is 0. The third kappa shape index (κ3) is 17.6. The van der Waals surface area contributed by atoms with Gasteiger partial charge < -0.3 is 16.0 Å². The summed E-state index contributed by atoms with van der Waals surface area (Å²) in [6, 6.07) is 6.45. The summed E-state index contributed by atoms with van der Waals surface area (Å²) in [7, 11) is -7.64. The first-order valence-corrected chi connectivity index (χ1v) is 32.2. The van der Waals surface area contributed by atoms with Gasteiger partial charge in [0.1, 0.15) is 50.6 Å². The second-order valence-electron chi connectivity index (χ2n) is 16.7. The minimum Gasteiger partial charge on any atom is -0.325 e. The summed E-state index contributed by atoms with van der Waals surface area (Å²) in [5.74, 6) is -3.45. The predicted molar refractivity (Wildman–Crippen MR) is 323 cm³/mol. The number of nitrogens with zero attached hydrogens (tertiary/aromatic N) is 6. The molecule has 81 heavy (non-hydrogen) atoms. The fourth-order valence-electron chi connectivity index (χ4n) is 7.50. The first-order chi connectivity index (χ1) is 36.5. The highest BCUT2D eigenvalue weighted by molar-refractivity contribution is 9.11. The normalized spacial score (nSPS) is 22.1. The number of benzene rings is 3. The molecule has 0 radical (unpaired) electrons. The number of nitrogens with one attached hydrogen (secondary N) is 6. The Bertz CT molecular complexity index is 3230. The number of halogens is 9. The Balaban J connectivity index is 0.000000257. The molecule has 3 aromatic heterocycles. The molecule has 9 rings (SSSR count). The van der Waals surface area contributed by atoms with E-state index in [1.165, 1.54) is 91.6 Å². The molecule has 0 spiro atoms. The molecule has 3 fully saturated rings. The van der Waals surface area contributed by atoms with Gasteiger partial charge in [-0.1, -0.05) is 57.1 Å². The van der Waals surface area contributed by atoms with Crippen LogP contribution in [0.2, 0.25) is 15.1 Å². The summed E-state index contributed by atoms with van der Waals surface area (Å²) < 4.78 is 127. The monoisotopic (exact) mass is 1490 g/mol. The van der Waals surface area contributed by atoms with E-state index in [0.29, 0.717) is 15.0 Å². The Morgan fingerprint density at radius 3 is 0.938 bits per heavy atom. The molecule has 3 aliphatic heterocycles. The van der Waals surface area contributed by atoms with Crippen LogP contribution in [0.5, 0.6) is 0 Å². The van der Waals surface area contributed by atoms with E-state index in [9.17, 15) is 52.8 Å². The smallest absolute Gasteiger partial charge is 0.280 e. The van der Waals surface area contributed by atoms with Gasteiger partial charge in [0.25, 0.3) is 30.6 Å². The van der Waals surface area contributed by atoms with E-state index in [4.69, 9.17) is 34.8 Å². The highest BCUT2D eigenvalue weighted by atomic mass is 79.9. The molecule has 6 atom stereocenters. The second kappa shape index (κ2) is 29.2. The zero-order chi connectivity index (χ0) is 57.2. The van der Waals surface area contributed by atoms with E-state index in [-0.39, 0.29) is 73.7 Å². The molecule has 444 valence electrons. The van der Waals surface area contributed by atoms with Crippen molar-refractivity contribution in [3.63, 3.8) is 0 Å². The van der Waals surface area contributed by atoms with Gasteiger partial charge in [0.15, 0.2) is 0 Å². The van der Waals surface area contributed by atoms with Crippen LogP contribution in [0.25, 0.3) is 0 Å². The first-order valence-electron chi connectivity index (χ1n) is 21.9. The maximum absolute atomic E-state index is 13.2. The number of carbonyl (C=O) groups is 3. The zero-order valence-electron chi connectivity index (χ0n) is 39.7. The van der Waals surface area contributed by atoms with Crippen LogP contribution in [0.4, 0.5) is 30.2 Å². The molecular weight excluding hydrogens is 1450 g/mol. The number of hydrogen-bond donors (Lipinski definition) is 6. The van der Waals surface area contributed by atoms with Crippen molar-refractivity contribution >= 4 is 182 Å². The Kier molecular flexibility index (Phi) is 25.3. The summed E-state index contributed by atoms with van der Waals surface area (Å²) in [6.45, 7) is 0. The average molecular weight is 1500 g/mol. The topological polar surface area (TPSA) is 274 Å². The molecule has 0 aliphatic carbocycles. The summed E-state index contributed by atoms with van der Waals surface area (Å²) >= 11 is 30.8. The van der Waals surface area contributed by atoms with E-state index in [2.05, 4.69) is 92.9 Å². The Labute approximate surface area is 519 Å².